The lowest BCUT2D eigenvalue weighted by Crippen LogP contribution is -2.06. The Kier molecular flexibility index (Phi) is 4.73. The van der Waals surface area contributed by atoms with Gasteiger partial charge in [0.1, 0.15) is 0 Å². The van der Waals surface area contributed by atoms with E-state index in [-0.39, 0.29) is 23.2 Å². The predicted molar refractivity (Wildman–Crippen MR) is 57.8 cm³/mol. The minimum absolute atomic E-state index is 0. The molecule has 0 radical (unpaired) electrons. The zero-order valence-corrected chi connectivity index (χ0v) is 9.43. The lowest BCUT2D eigenvalue weighted by atomic mass is 10.3. The number of amides is 1. The highest BCUT2D eigenvalue weighted by Crippen LogP contribution is 2.13. The molecule has 0 atom stereocenters. The molecule has 0 saturated heterocycles. The molecule has 15 heavy (non-hydrogen) atoms. The van der Waals surface area contributed by atoms with E-state index in [4.69, 9.17) is 4.55 Å². The van der Waals surface area contributed by atoms with E-state index in [0.717, 1.165) is 0 Å². The fraction of sp³-hybridized carbons (Fsp3) is 0.125. The Bertz CT molecular complexity index is 440. The molecule has 0 bridgehead atoms. The van der Waals surface area contributed by atoms with Gasteiger partial charge in [0.05, 0.1) is 4.90 Å². The Hall–Kier alpha value is -1.11. The molecular weight excluding hydrogens is 242 g/mol. The van der Waals surface area contributed by atoms with Crippen LogP contribution in [0.3, 0.4) is 0 Å². The van der Waals surface area contributed by atoms with Gasteiger partial charge in [-0.05, 0) is 24.3 Å². The molecule has 84 valence electrons. The lowest BCUT2D eigenvalue weighted by Gasteiger charge is -2.01. The van der Waals surface area contributed by atoms with Gasteiger partial charge in [-0.2, -0.15) is 8.42 Å². The molecule has 1 amide bonds. The van der Waals surface area contributed by atoms with Crippen LogP contribution in [0.4, 0.5) is 5.69 Å². The lowest BCUT2D eigenvalue weighted by molar-refractivity contribution is -0.114. The standard InChI is InChI=1S/C8H9NO4S.ClH/c1-6(10)9-7-2-4-8(5-3-7)14(11,12)13;/h2-5H,1H3,(H,9,10)(H,11,12,13);1H. The van der Waals surface area contributed by atoms with Gasteiger partial charge in [-0.25, -0.2) is 0 Å². The monoisotopic (exact) mass is 251 g/mol. The highest BCUT2D eigenvalue weighted by molar-refractivity contribution is 7.85. The van der Waals surface area contributed by atoms with E-state index in [9.17, 15) is 13.2 Å². The van der Waals surface area contributed by atoms with Crippen molar-refractivity contribution in [3.63, 3.8) is 0 Å². The third kappa shape index (κ3) is 4.28. The maximum absolute atomic E-state index is 10.6. The van der Waals surface area contributed by atoms with Crippen molar-refractivity contribution in [3.8, 4) is 0 Å². The maximum Gasteiger partial charge on any atom is 0.294 e. The molecule has 1 aromatic carbocycles. The number of benzene rings is 1. The van der Waals surface area contributed by atoms with Crippen molar-refractivity contribution in [2.45, 2.75) is 11.8 Å². The Morgan fingerprint density at radius 1 is 1.27 bits per heavy atom. The van der Waals surface area contributed by atoms with Crippen LogP contribution in [0.15, 0.2) is 29.2 Å². The molecule has 1 aromatic rings. The molecule has 5 nitrogen and oxygen atoms in total. The van der Waals surface area contributed by atoms with E-state index >= 15 is 0 Å². The van der Waals surface area contributed by atoms with Crippen molar-refractivity contribution in [3.05, 3.63) is 24.3 Å². The number of halogens is 1. The topological polar surface area (TPSA) is 83.5 Å². The summed E-state index contributed by atoms with van der Waals surface area (Å²) in [6.45, 7) is 1.34. The highest BCUT2D eigenvalue weighted by atomic mass is 35.5. The molecule has 2 N–H and O–H groups in total. The molecule has 0 heterocycles. The second kappa shape index (κ2) is 5.11. The van der Waals surface area contributed by atoms with Crippen LogP contribution in [0.25, 0.3) is 0 Å². The second-order valence-corrected chi connectivity index (χ2v) is 4.10. The average Bonchev–Trinajstić information content (AvgIpc) is 2.02. The van der Waals surface area contributed by atoms with Crippen LogP contribution in [0, 0.1) is 0 Å². The fourth-order valence-electron chi connectivity index (χ4n) is 0.914. The van der Waals surface area contributed by atoms with Gasteiger partial charge in [0.15, 0.2) is 0 Å². The Morgan fingerprint density at radius 2 is 1.73 bits per heavy atom. The van der Waals surface area contributed by atoms with Crippen molar-refractivity contribution in [2.75, 3.05) is 5.32 Å². The van der Waals surface area contributed by atoms with Gasteiger partial charge in [0.2, 0.25) is 5.91 Å². The largest absolute Gasteiger partial charge is 0.326 e. The van der Waals surface area contributed by atoms with Crippen molar-refractivity contribution in [2.24, 2.45) is 0 Å². The Morgan fingerprint density at radius 3 is 2.07 bits per heavy atom. The van der Waals surface area contributed by atoms with E-state index < -0.39 is 10.1 Å². The van der Waals surface area contributed by atoms with Gasteiger partial charge < -0.3 is 5.32 Å². The Balaban J connectivity index is 0.00000196. The zero-order valence-electron chi connectivity index (χ0n) is 7.80. The molecule has 0 aromatic heterocycles. The first kappa shape index (κ1) is 13.9. The van der Waals surface area contributed by atoms with Crippen LogP contribution in [0.2, 0.25) is 0 Å². The van der Waals surface area contributed by atoms with Gasteiger partial charge in [-0.3, -0.25) is 9.35 Å². The van der Waals surface area contributed by atoms with Gasteiger partial charge in [0.25, 0.3) is 10.1 Å². The average molecular weight is 252 g/mol. The van der Waals surface area contributed by atoms with Crippen LogP contribution in [-0.2, 0) is 14.9 Å². The number of rotatable bonds is 2. The molecule has 0 aliphatic rings. The molecule has 0 spiro atoms. The summed E-state index contributed by atoms with van der Waals surface area (Å²) in [6.07, 6.45) is 0. The van der Waals surface area contributed by atoms with Crippen molar-refractivity contribution < 1.29 is 17.8 Å². The van der Waals surface area contributed by atoms with Crippen molar-refractivity contribution >= 4 is 34.1 Å². The van der Waals surface area contributed by atoms with Gasteiger partial charge in [0, 0.05) is 12.6 Å². The Labute approximate surface area is 93.7 Å². The molecule has 0 aliphatic carbocycles. The third-order valence-corrected chi connectivity index (χ3v) is 2.34. The number of hydrogen-bond acceptors (Lipinski definition) is 3. The summed E-state index contributed by atoms with van der Waals surface area (Å²) in [5.41, 5.74) is 0.477. The first-order valence-electron chi connectivity index (χ1n) is 3.75. The summed E-state index contributed by atoms with van der Waals surface area (Å²) in [5, 5.41) is 2.47. The highest BCUT2D eigenvalue weighted by Gasteiger charge is 2.08. The molecule has 0 fully saturated rings. The van der Waals surface area contributed by atoms with Crippen LogP contribution in [0.1, 0.15) is 6.92 Å². The number of nitrogens with one attached hydrogen (secondary N) is 1. The van der Waals surface area contributed by atoms with Crippen molar-refractivity contribution in [1.82, 2.24) is 0 Å². The summed E-state index contributed by atoms with van der Waals surface area (Å²) in [5.74, 6) is -0.246. The third-order valence-electron chi connectivity index (χ3n) is 1.47. The smallest absolute Gasteiger partial charge is 0.294 e. The summed E-state index contributed by atoms with van der Waals surface area (Å²) in [4.78, 5) is 10.4. The summed E-state index contributed by atoms with van der Waals surface area (Å²) in [6, 6.07) is 5.20. The number of carbonyl (C=O) groups excluding carboxylic acids is 1. The van der Waals surface area contributed by atoms with Crippen LogP contribution < -0.4 is 5.32 Å². The van der Waals surface area contributed by atoms with Crippen LogP contribution >= 0.6 is 12.4 Å². The molecular formula is C8H10ClNO4S. The quantitative estimate of drug-likeness (QED) is 0.777. The first-order chi connectivity index (χ1) is 6.39. The molecule has 0 saturated carbocycles. The number of hydrogen-bond donors (Lipinski definition) is 2. The molecule has 0 aliphatic heterocycles. The van der Waals surface area contributed by atoms with E-state index in [0.29, 0.717) is 5.69 Å². The fourth-order valence-corrected chi connectivity index (χ4v) is 1.39. The van der Waals surface area contributed by atoms with Crippen LogP contribution in [0.5, 0.6) is 0 Å². The number of carbonyl (C=O) groups is 1. The number of anilines is 1. The molecule has 7 heteroatoms. The minimum Gasteiger partial charge on any atom is -0.326 e. The van der Waals surface area contributed by atoms with E-state index in [1.54, 1.807) is 0 Å². The van der Waals surface area contributed by atoms with E-state index in [1.165, 1.54) is 31.2 Å². The second-order valence-electron chi connectivity index (χ2n) is 2.68. The SMILES string of the molecule is CC(=O)Nc1ccc(S(=O)(=O)O)cc1.Cl. The van der Waals surface area contributed by atoms with Gasteiger partial charge in [-0.1, -0.05) is 0 Å². The van der Waals surface area contributed by atoms with E-state index in [2.05, 4.69) is 5.32 Å². The predicted octanol–water partition coefficient (Wildman–Crippen LogP) is 1.31. The van der Waals surface area contributed by atoms with Crippen LogP contribution in [-0.4, -0.2) is 18.9 Å². The maximum atomic E-state index is 10.6. The van der Waals surface area contributed by atoms with Gasteiger partial charge in [-0.15, -0.1) is 12.4 Å². The van der Waals surface area contributed by atoms with Crippen molar-refractivity contribution in [1.29, 1.82) is 0 Å². The summed E-state index contributed by atoms with van der Waals surface area (Å²) in [7, 11) is -4.16. The van der Waals surface area contributed by atoms with E-state index in [1.807, 2.05) is 0 Å². The summed E-state index contributed by atoms with van der Waals surface area (Å²) >= 11 is 0. The summed E-state index contributed by atoms with van der Waals surface area (Å²) < 4.78 is 29.9. The molecule has 1 rings (SSSR count). The van der Waals surface area contributed by atoms with Gasteiger partial charge >= 0.3 is 0 Å². The molecule has 0 unspecified atom stereocenters. The normalized spacial score (nSPS) is 10.3. The first-order valence-corrected chi connectivity index (χ1v) is 5.19. The minimum atomic E-state index is -4.16. The zero-order chi connectivity index (χ0) is 10.8.